The van der Waals surface area contributed by atoms with E-state index < -0.39 is 12.1 Å². The number of aromatic nitrogens is 1. The fraction of sp³-hybridized carbons (Fsp3) is 0.345. The molecule has 2 N–H and O–H groups in total. The van der Waals surface area contributed by atoms with Crippen LogP contribution in [0, 0.1) is 0 Å². The van der Waals surface area contributed by atoms with Crippen LogP contribution < -0.4 is 5.43 Å². The van der Waals surface area contributed by atoms with E-state index in [4.69, 9.17) is 4.42 Å². The van der Waals surface area contributed by atoms with E-state index in [0.717, 1.165) is 64.9 Å². The zero-order chi connectivity index (χ0) is 26.7. The van der Waals surface area contributed by atoms with Crippen LogP contribution in [-0.4, -0.2) is 94.8 Å². The summed E-state index contributed by atoms with van der Waals surface area (Å²) in [5, 5.41) is 3.86. The van der Waals surface area contributed by atoms with Gasteiger partial charge in [-0.15, -0.1) is 0 Å². The van der Waals surface area contributed by atoms with Crippen LogP contribution in [0.25, 0.3) is 21.9 Å². The third kappa shape index (κ3) is 4.07. The number of benzene rings is 2. The van der Waals surface area contributed by atoms with E-state index >= 15 is 0 Å². The molecule has 2 atom stereocenters. The van der Waals surface area contributed by atoms with Crippen LogP contribution in [-0.2, 0) is 20.8 Å². The van der Waals surface area contributed by atoms with Crippen molar-refractivity contribution in [1.29, 1.82) is 0 Å². The second-order valence-corrected chi connectivity index (χ2v) is 10.7. The minimum Gasteiger partial charge on any atom is -0.464 e. The summed E-state index contributed by atoms with van der Waals surface area (Å²) in [6, 6.07) is 14.7. The maximum Gasteiger partial charge on any atom is 0.253 e. The molecule has 2 aromatic heterocycles. The van der Waals surface area contributed by atoms with Gasteiger partial charge >= 0.3 is 0 Å². The van der Waals surface area contributed by atoms with Gasteiger partial charge in [0.15, 0.2) is 0 Å². The molecule has 0 spiro atoms. The van der Waals surface area contributed by atoms with Gasteiger partial charge in [0, 0.05) is 54.6 Å². The van der Waals surface area contributed by atoms with Gasteiger partial charge in [-0.05, 0) is 42.4 Å². The third-order valence-electron chi connectivity index (χ3n) is 8.26. The molecular formula is C29H30N6O4. The number of amides is 3. The number of hydrogen-bond acceptors (Lipinski definition) is 6. The predicted octanol–water partition coefficient (Wildman–Crippen LogP) is 1.88. The topological polar surface area (TPSA) is 105 Å². The maximum atomic E-state index is 13.9. The zero-order valence-corrected chi connectivity index (χ0v) is 21.7. The molecule has 3 aliphatic rings. The van der Waals surface area contributed by atoms with Crippen LogP contribution in [0.3, 0.4) is 0 Å². The molecule has 0 unspecified atom stereocenters. The Bertz CT molecular complexity index is 1600. The molecular weight excluding hydrogens is 496 g/mol. The molecule has 0 saturated carbocycles. The second kappa shape index (κ2) is 9.25. The van der Waals surface area contributed by atoms with Crippen molar-refractivity contribution in [3.8, 4) is 0 Å². The number of fused-ring (bicyclic) bond motifs is 5. The molecule has 3 amide bonds. The van der Waals surface area contributed by atoms with Gasteiger partial charge in [0.1, 0.15) is 24.7 Å². The van der Waals surface area contributed by atoms with E-state index in [9.17, 15) is 14.4 Å². The van der Waals surface area contributed by atoms with Crippen molar-refractivity contribution in [2.75, 3.05) is 46.3 Å². The maximum absolute atomic E-state index is 13.9. The van der Waals surface area contributed by atoms with Crippen LogP contribution in [0.4, 0.5) is 0 Å². The highest BCUT2D eigenvalue weighted by atomic mass is 16.3. The number of piperazine rings is 2. The molecule has 3 aliphatic heterocycles. The number of hydrazine groups is 1. The average Bonchev–Trinajstić information content (AvgIpc) is 3.56. The molecule has 39 heavy (non-hydrogen) atoms. The Hall–Kier alpha value is -4.15. The number of carbonyl (C=O) groups excluding carboxylic acids is 3. The van der Waals surface area contributed by atoms with Gasteiger partial charge in [-0.1, -0.05) is 24.3 Å². The van der Waals surface area contributed by atoms with E-state index in [2.05, 4.69) is 15.3 Å². The lowest BCUT2D eigenvalue weighted by Crippen LogP contribution is -2.64. The zero-order valence-electron chi connectivity index (χ0n) is 21.7. The van der Waals surface area contributed by atoms with Gasteiger partial charge in [0.05, 0.1) is 12.3 Å². The summed E-state index contributed by atoms with van der Waals surface area (Å²) in [5.41, 5.74) is 7.52. The summed E-state index contributed by atoms with van der Waals surface area (Å²) in [7, 11) is 2.05. The summed E-state index contributed by atoms with van der Waals surface area (Å²) >= 11 is 0. The Labute approximate surface area is 225 Å². The van der Waals surface area contributed by atoms with Crippen LogP contribution in [0.1, 0.15) is 22.9 Å². The van der Waals surface area contributed by atoms with Crippen molar-refractivity contribution < 1.29 is 18.8 Å². The number of rotatable bonds is 4. The SMILES string of the molecule is CN1CCN(NC(=O)CN2CC(=O)N3[C@H](c4ccc5occc5c4)c4[nH]c5ccccc5c4C[C@@H]3C2=O)CC1. The number of carbonyl (C=O) groups is 3. The Kier molecular flexibility index (Phi) is 5.67. The first kappa shape index (κ1) is 23.9. The van der Waals surface area contributed by atoms with Crippen molar-refractivity contribution in [3.05, 3.63) is 71.6 Å². The molecule has 10 nitrogen and oxygen atoms in total. The van der Waals surface area contributed by atoms with E-state index in [1.165, 1.54) is 4.90 Å². The monoisotopic (exact) mass is 526 g/mol. The molecule has 7 rings (SSSR count). The Morgan fingerprint density at radius 2 is 1.90 bits per heavy atom. The van der Waals surface area contributed by atoms with Crippen LogP contribution >= 0.6 is 0 Å². The van der Waals surface area contributed by atoms with Crippen LogP contribution in [0.2, 0.25) is 0 Å². The van der Waals surface area contributed by atoms with Gasteiger partial charge in [-0.3, -0.25) is 19.8 Å². The number of aromatic amines is 1. The molecule has 0 radical (unpaired) electrons. The first-order valence-corrected chi connectivity index (χ1v) is 13.4. The van der Waals surface area contributed by atoms with Gasteiger partial charge in [-0.2, -0.15) is 0 Å². The molecule has 2 fully saturated rings. The normalized spacial score (nSPS) is 22.4. The molecule has 4 aromatic rings. The molecule has 2 saturated heterocycles. The van der Waals surface area contributed by atoms with E-state index in [1.807, 2.05) is 60.6 Å². The van der Waals surface area contributed by atoms with Crippen molar-refractivity contribution in [2.24, 2.45) is 0 Å². The summed E-state index contributed by atoms with van der Waals surface area (Å²) < 4.78 is 5.54. The van der Waals surface area contributed by atoms with Crippen molar-refractivity contribution in [1.82, 2.24) is 30.1 Å². The number of furan rings is 1. The number of nitrogens with zero attached hydrogens (tertiary/aromatic N) is 4. The quantitative estimate of drug-likeness (QED) is 0.421. The first-order valence-electron chi connectivity index (χ1n) is 13.4. The van der Waals surface area contributed by atoms with Gasteiger partial charge in [0.2, 0.25) is 11.8 Å². The number of para-hydroxylation sites is 1. The van der Waals surface area contributed by atoms with E-state index in [1.54, 1.807) is 11.2 Å². The predicted molar refractivity (Wildman–Crippen MR) is 144 cm³/mol. The number of H-pyrrole nitrogens is 1. The molecule has 0 aliphatic carbocycles. The van der Waals surface area contributed by atoms with Crippen molar-refractivity contribution in [3.63, 3.8) is 0 Å². The number of likely N-dealkylation sites (N-methyl/N-ethyl adjacent to an activating group) is 1. The van der Waals surface area contributed by atoms with E-state index in [0.29, 0.717) is 6.42 Å². The highest BCUT2D eigenvalue weighted by Gasteiger charge is 2.48. The molecule has 0 bridgehead atoms. The summed E-state index contributed by atoms with van der Waals surface area (Å²) in [6.45, 7) is 2.88. The molecule has 200 valence electrons. The molecule has 5 heterocycles. The largest absolute Gasteiger partial charge is 0.464 e. The summed E-state index contributed by atoms with van der Waals surface area (Å²) in [6.07, 6.45) is 2.04. The lowest BCUT2D eigenvalue weighted by atomic mass is 9.86. The van der Waals surface area contributed by atoms with E-state index in [-0.39, 0.29) is 30.8 Å². The van der Waals surface area contributed by atoms with Crippen molar-refractivity contribution >= 4 is 39.6 Å². The highest BCUT2D eigenvalue weighted by Crippen LogP contribution is 2.43. The molecule has 2 aromatic carbocycles. The van der Waals surface area contributed by atoms with Gasteiger partial charge in [-0.25, -0.2) is 5.01 Å². The number of nitrogens with one attached hydrogen (secondary N) is 2. The third-order valence-corrected chi connectivity index (χ3v) is 8.26. The van der Waals surface area contributed by atoms with Gasteiger partial charge < -0.3 is 24.1 Å². The summed E-state index contributed by atoms with van der Waals surface area (Å²) in [4.78, 5) is 49.4. The summed E-state index contributed by atoms with van der Waals surface area (Å²) in [5.74, 6) is -0.651. The van der Waals surface area contributed by atoms with Crippen LogP contribution in [0.5, 0.6) is 0 Å². The Balaban J connectivity index is 1.22. The van der Waals surface area contributed by atoms with Crippen molar-refractivity contribution in [2.45, 2.75) is 18.5 Å². The fourth-order valence-electron chi connectivity index (χ4n) is 6.26. The average molecular weight is 527 g/mol. The van der Waals surface area contributed by atoms with Gasteiger partial charge in [0.25, 0.3) is 5.91 Å². The lowest BCUT2D eigenvalue weighted by molar-refractivity contribution is -0.160. The first-order chi connectivity index (χ1) is 19.0. The minimum absolute atomic E-state index is 0.133. The highest BCUT2D eigenvalue weighted by molar-refractivity contribution is 5.99. The fourth-order valence-corrected chi connectivity index (χ4v) is 6.26. The number of hydrogen-bond donors (Lipinski definition) is 2. The Morgan fingerprint density at radius 1 is 1.08 bits per heavy atom. The lowest BCUT2D eigenvalue weighted by Gasteiger charge is -2.47. The minimum atomic E-state index is -0.695. The van der Waals surface area contributed by atoms with Crippen LogP contribution in [0.15, 0.2) is 59.2 Å². The molecule has 10 heteroatoms. The smallest absolute Gasteiger partial charge is 0.253 e. The Morgan fingerprint density at radius 3 is 2.74 bits per heavy atom. The standard InChI is InChI=1S/C29H30N6O4/c1-32-9-11-34(12-10-32)31-25(36)16-33-17-26(37)35-23(29(33)38)15-21-20-4-2-3-5-22(20)30-27(21)28(35)19-6-7-24-18(14-19)8-13-39-24/h2-8,13-14,23,28,30H,9-12,15-17H2,1H3,(H,31,36)/t23-,28-/m1/s1. The second-order valence-electron chi connectivity index (χ2n) is 10.7.